The van der Waals surface area contributed by atoms with Crippen LogP contribution in [0.1, 0.15) is 4.28 Å². The predicted octanol–water partition coefficient (Wildman–Crippen LogP) is -9.38. The molecule has 0 heterocycles. The topological polar surface area (TPSA) is 149 Å². The second kappa shape index (κ2) is 16.9. The minimum absolute atomic E-state index is 0. The van der Waals surface area contributed by atoms with E-state index >= 15 is 0 Å². The maximum atomic E-state index is 8.74. The minimum atomic E-state index is -4.67. The van der Waals surface area contributed by atoms with E-state index < -0.39 is 20.8 Å². The van der Waals surface area contributed by atoms with Gasteiger partial charge in [0, 0.05) is 0 Å². The van der Waals surface area contributed by atoms with E-state index in [1.54, 1.807) is 0 Å². The Morgan fingerprint density at radius 3 is 0.714 bits per heavy atom. The SMILES string of the molecule is Br.O=S(=O)(O)O.O=S(=O)(O)O.[H-].[H-].[H-].[K+].[Na+].[Na+]. The van der Waals surface area contributed by atoms with E-state index in [-0.39, 0.29) is 132 Å². The van der Waals surface area contributed by atoms with Crippen LogP contribution in [0.4, 0.5) is 0 Å². The van der Waals surface area contributed by atoms with Crippen molar-refractivity contribution in [2.24, 2.45) is 0 Å². The Balaban J connectivity index is -0.00000000762. The maximum Gasteiger partial charge on any atom is 1.00 e. The standard InChI is InChI=1S/BrH.K.2Na.2H2O4S.3H/c;;;;2*1-5(2,3)4;;;/h1H;;;;2*(H2,1,2,3,4);;;/q;3*+1;;;3*-1. The fourth-order valence-electron chi connectivity index (χ4n) is 0. The smallest absolute Gasteiger partial charge is 1.00 e. The molecule has 14 heavy (non-hydrogen) atoms. The molecule has 0 aliphatic rings. The quantitative estimate of drug-likeness (QED) is 0.244. The maximum absolute atomic E-state index is 8.74. The molecule has 4 N–H and O–H groups in total. The summed E-state index contributed by atoms with van der Waals surface area (Å²) >= 11 is 0. The third-order valence-corrected chi connectivity index (χ3v) is 0. The molecule has 0 unspecified atom stereocenters. The van der Waals surface area contributed by atoms with E-state index in [0.29, 0.717) is 0 Å². The van der Waals surface area contributed by atoms with Gasteiger partial charge in [-0.25, -0.2) is 0 Å². The molecule has 14 heteroatoms. The summed E-state index contributed by atoms with van der Waals surface area (Å²) < 4.78 is 63.2. The van der Waals surface area contributed by atoms with Gasteiger partial charge in [-0.1, -0.05) is 0 Å². The molecule has 78 valence electrons. The number of hydrogen-bond acceptors (Lipinski definition) is 4. The van der Waals surface area contributed by atoms with Crippen molar-refractivity contribution in [3.8, 4) is 0 Å². The first-order valence-electron chi connectivity index (χ1n) is 1.40. The molecule has 0 rings (SSSR count). The fourth-order valence-corrected chi connectivity index (χ4v) is 0. The van der Waals surface area contributed by atoms with E-state index in [9.17, 15) is 0 Å². The van der Waals surface area contributed by atoms with Gasteiger partial charge in [-0.2, -0.15) is 16.8 Å². The normalized spacial score (nSPS) is 8.29. The third kappa shape index (κ3) is 235. The van der Waals surface area contributed by atoms with Crippen molar-refractivity contribution in [3.63, 3.8) is 0 Å². The molecule has 0 aromatic rings. The van der Waals surface area contributed by atoms with Crippen LogP contribution in [-0.2, 0) is 20.8 Å². The molecule has 0 aromatic carbocycles. The second-order valence-corrected chi connectivity index (χ2v) is 2.69. The van der Waals surface area contributed by atoms with Gasteiger partial charge in [0.05, 0.1) is 0 Å². The number of halogens is 1. The van der Waals surface area contributed by atoms with E-state index in [1.807, 2.05) is 0 Å². The molecule has 0 saturated heterocycles. The first kappa shape index (κ1) is 36.1. The summed E-state index contributed by atoms with van der Waals surface area (Å²) in [6, 6.07) is 0. The Morgan fingerprint density at radius 2 is 0.714 bits per heavy atom. The minimum Gasteiger partial charge on any atom is -1.00 e. The Labute approximate surface area is 183 Å². The molecule has 0 aliphatic carbocycles. The average molecular weight is 365 g/mol. The van der Waals surface area contributed by atoms with Gasteiger partial charge in [0.15, 0.2) is 0 Å². The van der Waals surface area contributed by atoms with Gasteiger partial charge in [-0.05, 0) is 0 Å². The van der Waals surface area contributed by atoms with Crippen LogP contribution in [0.3, 0.4) is 0 Å². The van der Waals surface area contributed by atoms with Crippen LogP contribution in [0.5, 0.6) is 0 Å². The van der Waals surface area contributed by atoms with Crippen LogP contribution < -0.4 is 110 Å². The van der Waals surface area contributed by atoms with Gasteiger partial charge >= 0.3 is 131 Å². The molecular formula is H8BrKNa2O8S2. The Kier molecular flexibility index (Phi) is 43.5. The first-order valence-corrected chi connectivity index (χ1v) is 4.19. The monoisotopic (exact) mass is 364 g/mol. The van der Waals surface area contributed by atoms with Gasteiger partial charge in [0.2, 0.25) is 0 Å². The first-order chi connectivity index (χ1) is 4.00. The van der Waals surface area contributed by atoms with Crippen molar-refractivity contribution in [1.82, 2.24) is 0 Å². The van der Waals surface area contributed by atoms with E-state index in [2.05, 4.69) is 0 Å². The Morgan fingerprint density at radius 1 is 0.714 bits per heavy atom. The number of hydrogen-bond donors (Lipinski definition) is 4. The molecule has 0 aromatic heterocycles. The van der Waals surface area contributed by atoms with Crippen LogP contribution in [0.15, 0.2) is 0 Å². The van der Waals surface area contributed by atoms with Gasteiger partial charge < -0.3 is 4.28 Å². The Bertz CT molecular complexity index is 233. The molecular weight excluding hydrogens is 357 g/mol. The van der Waals surface area contributed by atoms with Gasteiger partial charge in [-0.3, -0.25) is 18.2 Å². The van der Waals surface area contributed by atoms with Crippen molar-refractivity contribution < 1.29 is 150 Å². The zero-order valence-corrected chi connectivity index (χ0v) is 18.1. The average Bonchev–Trinajstić information content (AvgIpc) is 1.12. The fraction of sp³-hybridized carbons (Fsp3) is 0. The molecule has 8 nitrogen and oxygen atoms in total. The molecule has 0 amide bonds. The number of rotatable bonds is 0. The summed E-state index contributed by atoms with van der Waals surface area (Å²) in [6.45, 7) is 0. The zero-order valence-electron chi connectivity index (χ0n) is 10.6. The van der Waals surface area contributed by atoms with E-state index in [4.69, 9.17) is 35.0 Å². The van der Waals surface area contributed by atoms with Gasteiger partial charge in [0.25, 0.3) is 0 Å². The van der Waals surface area contributed by atoms with Crippen LogP contribution in [0.2, 0.25) is 0 Å². The molecule has 0 bridgehead atoms. The van der Waals surface area contributed by atoms with Crippen LogP contribution in [-0.4, -0.2) is 35.0 Å². The summed E-state index contributed by atoms with van der Waals surface area (Å²) in [5.41, 5.74) is 0. The summed E-state index contributed by atoms with van der Waals surface area (Å²) in [6.07, 6.45) is 0. The van der Waals surface area contributed by atoms with Crippen molar-refractivity contribution in [2.75, 3.05) is 0 Å². The van der Waals surface area contributed by atoms with Crippen LogP contribution >= 0.6 is 17.0 Å². The molecule has 0 spiro atoms. The van der Waals surface area contributed by atoms with E-state index in [1.165, 1.54) is 0 Å². The second-order valence-electron chi connectivity index (χ2n) is 0.896. The van der Waals surface area contributed by atoms with Crippen molar-refractivity contribution in [1.29, 1.82) is 0 Å². The molecule has 0 saturated carbocycles. The van der Waals surface area contributed by atoms with Gasteiger partial charge in [0.1, 0.15) is 0 Å². The van der Waals surface area contributed by atoms with Crippen LogP contribution in [0, 0.1) is 0 Å². The molecule has 0 aliphatic heterocycles. The van der Waals surface area contributed by atoms with Crippen LogP contribution in [0.25, 0.3) is 0 Å². The summed E-state index contributed by atoms with van der Waals surface area (Å²) in [5, 5.41) is 0. The van der Waals surface area contributed by atoms with Gasteiger partial charge in [-0.15, -0.1) is 17.0 Å². The van der Waals surface area contributed by atoms with Crippen molar-refractivity contribution in [2.45, 2.75) is 0 Å². The zero-order chi connectivity index (χ0) is 9.00. The largest absolute Gasteiger partial charge is 1.00 e. The van der Waals surface area contributed by atoms with Crippen molar-refractivity contribution in [3.05, 3.63) is 0 Å². The molecule has 0 fully saturated rings. The van der Waals surface area contributed by atoms with E-state index in [0.717, 1.165) is 0 Å². The molecule has 0 radical (unpaired) electrons. The summed E-state index contributed by atoms with van der Waals surface area (Å²) in [5.74, 6) is 0. The Hall–Kier alpha value is 3.86. The van der Waals surface area contributed by atoms with Crippen molar-refractivity contribution >= 4 is 37.8 Å². The third-order valence-electron chi connectivity index (χ3n) is 0. The molecule has 0 atom stereocenters. The predicted molar refractivity (Wildman–Crippen MR) is 42.0 cm³/mol. The summed E-state index contributed by atoms with van der Waals surface area (Å²) in [7, 11) is -9.33. The summed E-state index contributed by atoms with van der Waals surface area (Å²) in [4.78, 5) is 0.